The lowest BCUT2D eigenvalue weighted by Crippen LogP contribution is -2.37. The first-order valence-corrected chi connectivity index (χ1v) is 4.81. The van der Waals surface area contributed by atoms with Gasteiger partial charge in [-0.1, -0.05) is 13.0 Å². The quantitative estimate of drug-likeness (QED) is 0.401. The van der Waals surface area contributed by atoms with E-state index < -0.39 is 11.9 Å². The maximum Gasteiger partial charge on any atom is 0.308 e. The highest BCUT2D eigenvalue weighted by Gasteiger charge is 2.32. The number of rotatable bonds is 4. The third-order valence-electron chi connectivity index (χ3n) is 2.31. The van der Waals surface area contributed by atoms with Crippen molar-refractivity contribution in [3.63, 3.8) is 0 Å². The van der Waals surface area contributed by atoms with Gasteiger partial charge in [-0.05, 0) is 6.08 Å². The molecule has 0 aromatic carbocycles. The number of methoxy groups -OCH3 is 2. The lowest BCUT2D eigenvalue weighted by molar-refractivity contribution is -0.427. The molecule has 0 aliphatic carbocycles. The summed E-state index contributed by atoms with van der Waals surface area (Å²) < 4.78 is 9.68. The Morgan fingerprint density at radius 3 is 2.67 bits per heavy atom. The summed E-state index contributed by atoms with van der Waals surface area (Å²) in [6, 6.07) is 0. The van der Waals surface area contributed by atoms with Crippen molar-refractivity contribution >= 4 is 5.97 Å². The second-order valence-electron chi connectivity index (χ2n) is 3.23. The van der Waals surface area contributed by atoms with Gasteiger partial charge < -0.3 is 9.47 Å². The fraction of sp³-hybridized carbons (Fsp3) is 0.700. The Morgan fingerprint density at radius 1 is 1.53 bits per heavy atom. The molecule has 15 heavy (non-hydrogen) atoms. The average molecular weight is 216 g/mol. The molecule has 0 bridgehead atoms. The van der Waals surface area contributed by atoms with Gasteiger partial charge in [0.25, 0.3) is 0 Å². The van der Waals surface area contributed by atoms with E-state index in [2.05, 4.69) is 4.74 Å². The van der Waals surface area contributed by atoms with Gasteiger partial charge in [-0.25, -0.2) is 4.89 Å². The number of esters is 1. The van der Waals surface area contributed by atoms with Crippen LogP contribution in [-0.2, 0) is 24.0 Å². The lowest BCUT2D eigenvalue weighted by Gasteiger charge is -2.31. The second-order valence-corrected chi connectivity index (χ2v) is 3.23. The van der Waals surface area contributed by atoms with Crippen LogP contribution in [0.2, 0.25) is 0 Å². The van der Waals surface area contributed by atoms with E-state index in [0.717, 1.165) is 0 Å². The largest absolute Gasteiger partial charge is 0.469 e. The molecule has 1 rings (SSSR count). The Kier molecular flexibility index (Phi) is 4.26. The maximum atomic E-state index is 11.0. The van der Waals surface area contributed by atoms with Crippen molar-refractivity contribution in [1.29, 1.82) is 0 Å². The van der Waals surface area contributed by atoms with E-state index in [0.29, 0.717) is 6.42 Å². The molecule has 0 saturated heterocycles. The molecule has 0 saturated carbocycles. The third kappa shape index (κ3) is 3.02. The van der Waals surface area contributed by atoms with Crippen molar-refractivity contribution < 1.29 is 24.0 Å². The Bertz CT molecular complexity index is 244. The molecule has 2 unspecified atom stereocenters. The molecule has 0 amide bonds. The van der Waals surface area contributed by atoms with Crippen LogP contribution in [0.25, 0.3) is 0 Å². The first-order chi connectivity index (χ1) is 7.15. The van der Waals surface area contributed by atoms with Crippen LogP contribution in [0.5, 0.6) is 0 Å². The predicted molar refractivity (Wildman–Crippen MR) is 51.8 cm³/mol. The Labute approximate surface area is 88.9 Å². The van der Waals surface area contributed by atoms with Crippen LogP contribution in [0, 0.1) is 0 Å². The molecule has 5 nitrogen and oxygen atoms in total. The summed E-state index contributed by atoms with van der Waals surface area (Å²) in [4.78, 5) is 21.1. The normalized spacial score (nSPS) is 30.2. The highest BCUT2D eigenvalue weighted by molar-refractivity contribution is 5.70. The molecule has 86 valence electrons. The smallest absolute Gasteiger partial charge is 0.308 e. The van der Waals surface area contributed by atoms with Crippen LogP contribution < -0.4 is 0 Å². The predicted octanol–water partition coefficient (Wildman–Crippen LogP) is 1.19. The van der Waals surface area contributed by atoms with Gasteiger partial charge in [0.1, 0.15) is 6.10 Å². The monoisotopic (exact) mass is 216 g/mol. The van der Waals surface area contributed by atoms with Crippen molar-refractivity contribution in [3.05, 3.63) is 12.2 Å². The molecule has 0 N–H and O–H groups in total. The second kappa shape index (κ2) is 5.25. The molecule has 0 aromatic rings. The summed E-state index contributed by atoms with van der Waals surface area (Å²) in [6.07, 6.45) is 3.85. The first-order valence-electron chi connectivity index (χ1n) is 4.81. The molecule has 0 aromatic heterocycles. The van der Waals surface area contributed by atoms with Crippen LogP contribution in [0.15, 0.2) is 12.2 Å². The molecule has 0 radical (unpaired) electrons. The van der Waals surface area contributed by atoms with Gasteiger partial charge in [-0.15, -0.1) is 0 Å². The zero-order valence-electron chi connectivity index (χ0n) is 9.19. The van der Waals surface area contributed by atoms with Gasteiger partial charge in [0.2, 0.25) is 5.79 Å². The summed E-state index contributed by atoms with van der Waals surface area (Å²) in [6.45, 7) is 1.91. The number of hydrogen-bond donors (Lipinski definition) is 0. The summed E-state index contributed by atoms with van der Waals surface area (Å²) in [5.41, 5.74) is 0. The van der Waals surface area contributed by atoms with Gasteiger partial charge in [0.15, 0.2) is 0 Å². The standard InChI is InChI=1S/C10H16O5/c1-4-10(13-3)6-5-8(14-15-10)7-9(11)12-2/h5-6,8H,4,7H2,1-3H3. The number of carbonyl (C=O) groups is 1. The van der Waals surface area contributed by atoms with Gasteiger partial charge in [-0.2, -0.15) is 4.89 Å². The van der Waals surface area contributed by atoms with E-state index in [-0.39, 0.29) is 12.4 Å². The van der Waals surface area contributed by atoms with Gasteiger partial charge in [0.05, 0.1) is 13.5 Å². The Balaban J connectivity index is 2.54. The molecule has 1 heterocycles. The number of ether oxygens (including phenoxy) is 2. The number of carbonyl (C=O) groups excluding carboxylic acids is 1. The summed E-state index contributed by atoms with van der Waals surface area (Å²) in [5, 5.41) is 0. The minimum absolute atomic E-state index is 0.135. The van der Waals surface area contributed by atoms with E-state index in [1.165, 1.54) is 14.2 Å². The minimum atomic E-state index is -0.827. The molecular formula is C10H16O5. The minimum Gasteiger partial charge on any atom is -0.469 e. The van der Waals surface area contributed by atoms with Crippen LogP contribution in [0.1, 0.15) is 19.8 Å². The fourth-order valence-electron chi connectivity index (χ4n) is 1.23. The number of hydrogen-bond acceptors (Lipinski definition) is 5. The van der Waals surface area contributed by atoms with E-state index >= 15 is 0 Å². The van der Waals surface area contributed by atoms with Crippen LogP contribution >= 0.6 is 0 Å². The summed E-state index contributed by atoms with van der Waals surface area (Å²) >= 11 is 0. The van der Waals surface area contributed by atoms with Crippen molar-refractivity contribution in [2.24, 2.45) is 0 Å². The van der Waals surface area contributed by atoms with Crippen molar-refractivity contribution in [2.75, 3.05) is 14.2 Å². The summed E-state index contributed by atoms with van der Waals surface area (Å²) in [7, 11) is 2.87. The van der Waals surface area contributed by atoms with Gasteiger partial charge in [0, 0.05) is 13.5 Å². The Morgan fingerprint density at radius 2 is 2.27 bits per heavy atom. The van der Waals surface area contributed by atoms with E-state index in [1.807, 2.05) is 6.92 Å². The van der Waals surface area contributed by atoms with E-state index in [4.69, 9.17) is 14.5 Å². The van der Waals surface area contributed by atoms with Gasteiger partial charge >= 0.3 is 5.97 Å². The SMILES string of the molecule is CCC1(OC)C=CC(CC(=O)OC)OO1. The average Bonchev–Trinajstić information content (AvgIpc) is 2.30. The summed E-state index contributed by atoms with van der Waals surface area (Å²) in [5.74, 6) is -1.17. The molecular weight excluding hydrogens is 200 g/mol. The zero-order valence-corrected chi connectivity index (χ0v) is 9.19. The van der Waals surface area contributed by atoms with Crippen molar-refractivity contribution in [2.45, 2.75) is 31.7 Å². The van der Waals surface area contributed by atoms with E-state index in [9.17, 15) is 4.79 Å². The highest BCUT2D eigenvalue weighted by atomic mass is 17.2. The zero-order chi connectivity index (χ0) is 11.3. The molecule has 1 aliphatic heterocycles. The third-order valence-corrected chi connectivity index (χ3v) is 2.31. The molecule has 1 aliphatic rings. The van der Waals surface area contributed by atoms with Gasteiger partial charge in [-0.3, -0.25) is 4.79 Å². The fourth-order valence-corrected chi connectivity index (χ4v) is 1.23. The van der Waals surface area contributed by atoms with Crippen molar-refractivity contribution in [3.8, 4) is 0 Å². The van der Waals surface area contributed by atoms with Crippen LogP contribution in [0.4, 0.5) is 0 Å². The highest BCUT2D eigenvalue weighted by Crippen LogP contribution is 2.25. The molecule has 0 spiro atoms. The van der Waals surface area contributed by atoms with E-state index in [1.54, 1.807) is 12.2 Å². The molecule has 2 atom stereocenters. The van der Waals surface area contributed by atoms with Crippen LogP contribution in [-0.4, -0.2) is 32.1 Å². The molecule has 0 fully saturated rings. The van der Waals surface area contributed by atoms with Crippen LogP contribution in [0.3, 0.4) is 0 Å². The molecule has 5 heteroatoms. The lowest BCUT2D eigenvalue weighted by atomic mass is 10.1. The Hall–Kier alpha value is -0.910. The maximum absolute atomic E-state index is 11.0. The first kappa shape index (κ1) is 12.2. The van der Waals surface area contributed by atoms with Crippen molar-refractivity contribution in [1.82, 2.24) is 0 Å². The topological polar surface area (TPSA) is 54.0 Å².